The molecule has 0 fully saturated rings. The molecule has 0 saturated heterocycles. The van der Waals surface area contributed by atoms with E-state index < -0.39 is 25.5 Å². The van der Waals surface area contributed by atoms with Gasteiger partial charge in [0, 0.05) is 12.8 Å². The summed E-state index contributed by atoms with van der Waals surface area (Å²) in [6.07, 6.45) is 31.1. The first-order chi connectivity index (χ1) is 21.8. The average Bonchev–Trinajstić information content (AvgIpc) is 3.03. The highest BCUT2D eigenvalue weighted by Gasteiger charge is 2.25. The van der Waals surface area contributed by atoms with Crippen molar-refractivity contribution < 1.29 is 37.6 Å². The lowest BCUT2D eigenvalue weighted by Crippen LogP contribution is -2.29. The van der Waals surface area contributed by atoms with Crippen molar-refractivity contribution in [2.45, 2.75) is 200 Å². The van der Waals surface area contributed by atoms with E-state index in [9.17, 15) is 19.0 Å². The first-order valence-corrected chi connectivity index (χ1v) is 21.5. The maximum atomic E-state index is 12.4. The Kier molecular flexibility index (Phi) is 32.9. The molecule has 0 aromatic rings. The van der Waals surface area contributed by atoms with E-state index in [2.05, 4.69) is 13.8 Å². The normalized spacial score (nSPS) is 13.4. The number of rotatable bonds is 35. The maximum Gasteiger partial charge on any atom is 0.413 e. The van der Waals surface area contributed by atoms with Gasteiger partial charge in [-0.1, -0.05) is 168 Å². The minimum Gasteiger partial charge on any atom is -0.462 e. The Balaban J connectivity index is 4.03. The van der Waals surface area contributed by atoms with Crippen molar-refractivity contribution in [1.29, 1.82) is 0 Å². The highest BCUT2D eigenvalue weighted by molar-refractivity contribution is 8.51. The van der Waals surface area contributed by atoms with Gasteiger partial charge in [-0.25, -0.2) is 4.57 Å². The highest BCUT2D eigenvalue weighted by Crippen LogP contribution is 2.53. The van der Waals surface area contributed by atoms with E-state index in [0.717, 1.165) is 32.1 Å². The molecule has 268 valence electrons. The molecule has 0 aromatic heterocycles. The molecular weight excluding hydrogens is 611 g/mol. The summed E-state index contributed by atoms with van der Waals surface area (Å²) in [6.45, 7) is -0.484. The van der Waals surface area contributed by atoms with Gasteiger partial charge in [-0.2, -0.15) is 0 Å². The zero-order valence-electron chi connectivity index (χ0n) is 29.0. The lowest BCUT2D eigenvalue weighted by atomic mass is 10.0. The quantitative estimate of drug-likeness (QED) is 0.0291. The third-order valence-electron chi connectivity index (χ3n) is 8.22. The van der Waals surface area contributed by atoms with Crippen molar-refractivity contribution in [2.24, 2.45) is 0 Å². The predicted octanol–water partition coefficient (Wildman–Crippen LogP) is 11.7. The van der Waals surface area contributed by atoms with E-state index in [0.29, 0.717) is 6.42 Å². The molecular formula is C35H69O8PS. The molecule has 0 aliphatic heterocycles. The summed E-state index contributed by atoms with van der Waals surface area (Å²) in [5.41, 5.74) is 0. The van der Waals surface area contributed by atoms with Crippen molar-refractivity contribution >= 4 is 30.4 Å². The van der Waals surface area contributed by atoms with Gasteiger partial charge in [-0.05, 0) is 12.8 Å². The van der Waals surface area contributed by atoms with Crippen LogP contribution in [0.1, 0.15) is 194 Å². The highest BCUT2D eigenvalue weighted by atomic mass is 32.7. The average molecular weight is 681 g/mol. The molecule has 2 atom stereocenters. The van der Waals surface area contributed by atoms with E-state index in [1.165, 1.54) is 128 Å². The Hall–Kier alpha value is -0.600. The largest absolute Gasteiger partial charge is 0.462 e. The van der Waals surface area contributed by atoms with Gasteiger partial charge in [0.15, 0.2) is 6.10 Å². The Morgan fingerprint density at radius 1 is 0.556 bits per heavy atom. The SMILES string of the molecule is CCCCCCCCCCCCCCCC(=O)OCC(COP(=O)(O)SO)OC(=O)CCCCCCCCCCCCCCC. The predicted molar refractivity (Wildman–Crippen MR) is 187 cm³/mol. The number of carbonyl (C=O) groups is 2. The minimum atomic E-state index is -4.27. The van der Waals surface area contributed by atoms with E-state index >= 15 is 0 Å². The molecule has 2 N–H and O–H groups in total. The molecule has 0 aliphatic rings. The van der Waals surface area contributed by atoms with Gasteiger partial charge in [0.05, 0.1) is 6.61 Å². The van der Waals surface area contributed by atoms with Crippen LogP contribution in [0.15, 0.2) is 0 Å². The number of esters is 2. The van der Waals surface area contributed by atoms with Crippen LogP contribution >= 0.6 is 18.5 Å². The molecule has 8 nitrogen and oxygen atoms in total. The molecule has 0 spiro atoms. The van der Waals surface area contributed by atoms with E-state index in [1.54, 1.807) is 0 Å². The number of hydrogen-bond acceptors (Lipinski definition) is 8. The van der Waals surface area contributed by atoms with Crippen LogP contribution in [0.25, 0.3) is 0 Å². The summed E-state index contributed by atoms with van der Waals surface area (Å²) in [4.78, 5) is 34.2. The van der Waals surface area contributed by atoms with Crippen molar-refractivity contribution in [3.8, 4) is 0 Å². The van der Waals surface area contributed by atoms with Crippen LogP contribution in [0, 0.1) is 0 Å². The maximum absolute atomic E-state index is 12.4. The standard InChI is InChI=1S/C35H69O8PS/c1-3-5-7-9-11-13-15-17-19-21-23-25-27-29-34(36)41-31-33(32-42-44(38,39)45-40)43-35(37)30-28-26-24-22-20-18-16-14-12-10-8-6-4-2/h33,40H,3-32H2,1-2H3,(H,38,39). The monoisotopic (exact) mass is 680 g/mol. The lowest BCUT2D eigenvalue weighted by Gasteiger charge is -2.19. The van der Waals surface area contributed by atoms with Crippen molar-refractivity contribution in [3.05, 3.63) is 0 Å². The van der Waals surface area contributed by atoms with Gasteiger partial charge in [-0.3, -0.25) is 14.1 Å². The van der Waals surface area contributed by atoms with Crippen LogP contribution in [0.4, 0.5) is 0 Å². The summed E-state index contributed by atoms with van der Waals surface area (Å²) in [5, 5.41) is 0. The van der Waals surface area contributed by atoms with E-state index in [1.807, 2.05) is 0 Å². The molecule has 0 bridgehead atoms. The van der Waals surface area contributed by atoms with Crippen molar-refractivity contribution in [3.63, 3.8) is 0 Å². The fraction of sp³-hybridized carbons (Fsp3) is 0.943. The third-order valence-corrected chi connectivity index (χ3v) is 9.84. The summed E-state index contributed by atoms with van der Waals surface area (Å²) in [5.74, 6) is -0.844. The Morgan fingerprint density at radius 2 is 0.889 bits per heavy atom. The van der Waals surface area contributed by atoms with Gasteiger partial charge in [-0.15, -0.1) is 0 Å². The first-order valence-electron chi connectivity index (χ1n) is 18.5. The molecule has 0 amide bonds. The topological polar surface area (TPSA) is 119 Å². The molecule has 0 aliphatic carbocycles. The van der Waals surface area contributed by atoms with Gasteiger partial charge in [0.2, 0.25) is 0 Å². The van der Waals surface area contributed by atoms with Crippen LogP contribution in [-0.2, 0) is 28.2 Å². The number of hydrogen-bond donors (Lipinski definition) is 2. The van der Waals surface area contributed by atoms with Crippen LogP contribution in [0.3, 0.4) is 0 Å². The number of ether oxygens (including phenoxy) is 2. The van der Waals surface area contributed by atoms with Gasteiger partial charge < -0.3 is 18.9 Å². The van der Waals surface area contributed by atoms with E-state index in [-0.39, 0.29) is 37.1 Å². The molecule has 45 heavy (non-hydrogen) atoms. The smallest absolute Gasteiger partial charge is 0.413 e. The van der Waals surface area contributed by atoms with E-state index in [4.69, 9.17) is 18.6 Å². The Labute approximate surface area is 280 Å². The fourth-order valence-electron chi connectivity index (χ4n) is 5.39. The Morgan fingerprint density at radius 3 is 1.24 bits per heavy atom. The second-order valence-corrected chi connectivity index (χ2v) is 15.9. The van der Waals surface area contributed by atoms with Crippen LogP contribution in [0.5, 0.6) is 0 Å². The fourth-order valence-corrected chi connectivity index (χ4v) is 6.12. The first kappa shape index (κ1) is 44.4. The van der Waals surface area contributed by atoms with Gasteiger partial charge in [0.1, 0.15) is 18.3 Å². The zero-order chi connectivity index (χ0) is 33.3. The van der Waals surface area contributed by atoms with Gasteiger partial charge in [0.25, 0.3) is 0 Å². The molecule has 2 unspecified atom stereocenters. The molecule has 10 heteroatoms. The molecule has 0 saturated carbocycles. The molecule has 0 rings (SSSR count). The number of unbranched alkanes of at least 4 members (excludes halogenated alkanes) is 24. The second-order valence-electron chi connectivity index (χ2n) is 12.6. The second kappa shape index (κ2) is 33.3. The Bertz CT molecular complexity index is 724. The molecule has 0 heterocycles. The summed E-state index contributed by atoms with van der Waals surface area (Å²) in [6, 6.07) is 0. The molecule has 0 radical (unpaired) electrons. The van der Waals surface area contributed by atoms with Crippen molar-refractivity contribution in [1.82, 2.24) is 0 Å². The summed E-state index contributed by atoms with van der Waals surface area (Å²) >= 11 is -0.290. The van der Waals surface area contributed by atoms with Crippen LogP contribution in [-0.4, -0.2) is 40.7 Å². The van der Waals surface area contributed by atoms with Gasteiger partial charge >= 0.3 is 18.7 Å². The lowest BCUT2D eigenvalue weighted by molar-refractivity contribution is -0.161. The van der Waals surface area contributed by atoms with Crippen LogP contribution < -0.4 is 0 Å². The summed E-state index contributed by atoms with van der Waals surface area (Å²) in [7, 11) is 0. The van der Waals surface area contributed by atoms with Crippen molar-refractivity contribution in [2.75, 3.05) is 13.2 Å². The minimum absolute atomic E-state index is 0.229. The third kappa shape index (κ3) is 33.1. The molecule has 0 aromatic carbocycles. The zero-order valence-corrected chi connectivity index (χ0v) is 30.7. The number of carbonyl (C=O) groups excluding carboxylic acids is 2. The summed E-state index contributed by atoms with van der Waals surface area (Å²) < 4.78 is 36.1. The van der Waals surface area contributed by atoms with Crippen LogP contribution in [0.2, 0.25) is 0 Å².